The fourth-order valence-electron chi connectivity index (χ4n) is 1.71. The minimum Gasteiger partial charge on any atom is -0.481 e. The van der Waals surface area contributed by atoms with E-state index in [1.54, 1.807) is 43.3 Å². The van der Waals surface area contributed by atoms with Crippen molar-refractivity contribution in [3.05, 3.63) is 65.5 Å². The van der Waals surface area contributed by atoms with Crippen LogP contribution in [0.2, 0.25) is 0 Å². The Labute approximate surface area is 133 Å². The van der Waals surface area contributed by atoms with Crippen LogP contribution in [0.5, 0.6) is 5.75 Å². The van der Waals surface area contributed by atoms with Crippen molar-refractivity contribution in [2.45, 2.75) is 13.0 Å². The van der Waals surface area contributed by atoms with E-state index in [2.05, 4.69) is 10.5 Å². The molecule has 0 fully saturated rings. The zero-order chi connectivity index (χ0) is 16.7. The first-order chi connectivity index (χ1) is 11.1. The normalized spacial score (nSPS) is 11.7. The highest BCUT2D eigenvalue weighted by Gasteiger charge is 2.13. The van der Waals surface area contributed by atoms with E-state index in [9.17, 15) is 9.18 Å². The Morgan fingerprint density at radius 1 is 1.35 bits per heavy atom. The van der Waals surface area contributed by atoms with Gasteiger partial charge in [0.05, 0.1) is 17.8 Å². The van der Waals surface area contributed by atoms with E-state index in [0.29, 0.717) is 16.9 Å². The van der Waals surface area contributed by atoms with E-state index in [-0.39, 0.29) is 5.82 Å². The van der Waals surface area contributed by atoms with E-state index < -0.39 is 12.0 Å². The molecule has 1 amide bonds. The zero-order valence-electron chi connectivity index (χ0n) is 12.4. The van der Waals surface area contributed by atoms with Crippen LogP contribution in [-0.4, -0.2) is 18.2 Å². The number of rotatable bonds is 5. The highest BCUT2D eigenvalue weighted by molar-refractivity contribution is 5.84. The molecule has 0 aliphatic carbocycles. The molecule has 2 aromatic rings. The lowest BCUT2D eigenvalue weighted by molar-refractivity contribution is -0.127. The first-order valence-electron chi connectivity index (χ1n) is 6.84. The second-order valence-electron chi connectivity index (χ2n) is 4.69. The summed E-state index contributed by atoms with van der Waals surface area (Å²) in [5.74, 6) is -0.347. The van der Waals surface area contributed by atoms with Crippen LogP contribution in [0, 0.1) is 17.1 Å². The van der Waals surface area contributed by atoms with E-state index in [1.807, 2.05) is 6.07 Å². The molecule has 116 valence electrons. The zero-order valence-corrected chi connectivity index (χ0v) is 12.4. The minimum absolute atomic E-state index is 0.377. The molecule has 0 aromatic heterocycles. The number of hydrogen-bond donors (Lipinski definition) is 1. The van der Waals surface area contributed by atoms with Crippen LogP contribution >= 0.6 is 0 Å². The molecule has 0 saturated heterocycles. The van der Waals surface area contributed by atoms with Gasteiger partial charge in [-0.3, -0.25) is 4.79 Å². The summed E-state index contributed by atoms with van der Waals surface area (Å²) >= 11 is 0. The van der Waals surface area contributed by atoms with E-state index in [4.69, 9.17) is 10.00 Å². The summed E-state index contributed by atoms with van der Waals surface area (Å²) in [4.78, 5) is 11.9. The first-order valence-corrected chi connectivity index (χ1v) is 6.84. The van der Waals surface area contributed by atoms with Gasteiger partial charge >= 0.3 is 0 Å². The molecule has 0 unspecified atom stereocenters. The Bertz CT molecular complexity index is 751. The lowest BCUT2D eigenvalue weighted by Crippen LogP contribution is -2.33. The Morgan fingerprint density at radius 3 is 2.74 bits per heavy atom. The van der Waals surface area contributed by atoms with Gasteiger partial charge in [-0.2, -0.15) is 10.4 Å². The van der Waals surface area contributed by atoms with Crippen molar-refractivity contribution in [3.63, 3.8) is 0 Å². The standard InChI is InChI=1S/C17H14FN3O2/c1-12(23-16-7-5-13(10-19)6-8-16)17(22)21-20-11-14-3-2-4-15(18)9-14/h2-9,11-12H,1H3,(H,21,22)/t12-/m1/s1. The van der Waals surface area contributed by atoms with Crippen molar-refractivity contribution in [1.29, 1.82) is 5.26 Å². The van der Waals surface area contributed by atoms with Crippen LogP contribution in [0.15, 0.2) is 53.6 Å². The molecule has 0 spiro atoms. The third-order valence-electron chi connectivity index (χ3n) is 2.90. The number of ether oxygens (including phenoxy) is 1. The van der Waals surface area contributed by atoms with Crippen LogP contribution in [0.4, 0.5) is 4.39 Å². The van der Waals surface area contributed by atoms with E-state index in [1.165, 1.54) is 18.3 Å². The number of hydrazone groups is 1. The molecule has 0 bridgehead atoms. The van der Waals surface area contributed by atoms with Gasteiger partial charge in [-0.25, -0.2) is 9.82 Å². The molecule has 5 nitrogen and oxygen atoms in total. The summed E-state index contributed by atoms with van der Waals surface area (Å²) in [6.07, 6.45) is 0.572. The summed E-state index contributed by atoms with van der Waals surface area (Å²) in [7, 11) is 0. The van der Waals surface area contributed by atoms with Crippen molar-refractivity contribution in [1.82, 2.24) is 5.43 Å². The second kappa shape index (κ2) is 7.71. The number of nitrogens with zero attached hydrogens (tertiary/aromatic N) is 2. The summed E-state index contributed by atoms with van der Waals surface area (Å²) in [5.41, 5.74) is 3.37. The largest absolute Gasteiger partial charge is 0.481 e. The Kier molecular flexibility index (Phi) is 5.42. The minimum atomic E-state index is -0.771. The first kappa shape index (κ1) is 16.2. The molecule has 0 radical (unpaired) electrons. The third-order valence-corrected chi connectivity index (χ3v) is 2.90. The van der Waals surface area contributed by atoms with Gasteiger partial charge in [0.15, 0.2) is 6.10 Å². The number of hydrogen-bond acceptors (Lipinski definition) is 4. The molecule has 6 heteroatoms. The number of nitriles is 1. The molecule has 0 aliphatic rings. The maximum atomic E-state index is 13.0. The molecule has 23 heavy (non-hydrogen) atoms. The van der Waals surface area contributed by atoms with Gasteiger partial charge in [0.2, 0.25) is 0 Å². The maximum absolute atomic E-state index is 13.0. The molecule has 2 aromatic carbocycles. The van der Waals surface area contributed by atoms with Gasteiger partial charge in [-0.1, -0.05) is 12.1 Å². The summed E-state index contributed by atoms with van der Waals surface area (Å²) in [5, 5.41) is 12.5. The number of benzene rings is 2. The number of carbonyl (C=O) groups excluding carboxylic acids is 1. The highest BCUT2D eigenvalue weighted by Crippen LogP contribution is 2.13. The van der Waals surface area contributed by atoms with Crippen LogP contribution in [0.1, 0.15) is 18.1 Å². The molecule has 2 rings (SSSR count). The van der Waals surface area contributed by atoms with Crippen molar-refractivity contribution in [3.8, 4) is 11.8 Å². The van der Waals surface area contributed by atoms with Crippen LogP contribution in [0.25, 0.3) is 0 Å². The summed E-state index contributed by atoms with van der Waals surface area (Å²) in [6.45, 7) is 1.57. The second-order valence-corrected chi connectivity index (χ2v) is 4.69. The van der Waals surface area contributed by atoms with Gasteiger partial charge in [0.25, 0.3) is 5.91 Å². The van der Waals surface area contributed by atoms with Crippen molar-refractivity contribution >= 4 is 12.1 Å². The highest BCUT2D eigenvalue weighted by atomic mass is 19.1. The lowest BCUT2D eigenvalue weighted by Gasteiger charge is -2.12. The van der Waals surface area contributed by atoms with Crippen molar-refractivity contribution < 1.29 is 13.9 Å². The average molecular weight is 311 g/mol. The number of amides is 1. The monoisotopic (exact) mass is 311 g/mol. The lowest BCUT2D eigenvalue weighted by atomic mass is 10.2. The molecular formula is C17H14FN3O2. The summed E-state index contributed by atoms with van der Waals surface area (Å²) in [6, 6.07) is 14.2. The Hall–Kier alpha value is -3.20. The number of carbonyl (C=O) groups is 1. The molecular weight excluding hydrogens is 297 g/mol. The SMILES string of the molecule is C[C@@H](Oc1ccc(C#N)cc1)C(=O)NN=Cc1cccc(F)c1. The van der Waals surface area contributed by atoms with Gasteiger partial charge in [0, 0.05) is 0 Å². The van der Waals surface area contributed by atoms with Gasteiger partial charge in [0.1, 0.15) is 11.6 Å². The Morgan fingerprint density at radius 2 is 2.09 bits per heavy atom. The van der Waals surface area contributed by atoms with Gasteiger partial charge in [-0.15, -0.1) is 0 Å². The van der Waals surface area contributed by atoms with Crippen LogP contribution in [-0.2, 0) is 4.79 Å². The third kappa shape index (κ3) is 4.93. The van der Waals surface area contributed by atoms with E-state index in [0.717, 1.165) is 0 Å². The number of nitrogens with one attached hydrogen (secondary N) is 1. The van der Waals surface area contributed by atoms with Crippen LogP contribution < -0.4 is 10.2 Å². The quantitative estimate of drug-likeness (QED) is 0.681. The van der Waals surface area contributed by atoms with Crippen molar-refractivity contribution in [2.75, 3.05) is 0 Å². The average Bonchev–Trinajstić information content (AvgIpc) is 2.55. The predicted octanol–water partition coefficient (Wildman–Crippen LogP) is 2.61. The van der Waals surface area contributed by atoms with Crippen molar-refractivity contribution in [2.24, 2.45) is 5.10 Å². The smallest absolute Gasteiger partial charge is 0.280 e. The maximum Gasteiger partial charge on any atom is 0.280 e. The fourth-order valence-corrected chi connectivity index (χ4v) is 1.71. The molecule has 0 heterocycles. The van der Waals surface area contributed by atoms with E-state index >= 15 is 0 Å². The van der Waals surface area contributed by atoms with Gasteiger partial charge in [-0.05, 0) is 48.9 Å². The number of halogens is 1. The summed E-state index contributed by atoms with van der Waals surface area (Å²) < 4.78 is 18.4. The molecule has 0 aliphatic heterocycles. The van der Waals surface area contributed by atoms with Gasteiger partial charge < -0.3 is 4.74 Å². The predicted molar refractivity (Wildman–Crippen MR) is 83.4 cm³/mol. The fraction of sp³-hybridized carbons (Fsp3) is 0.118. The molecule has 0 saturated carbocycles. The molecule has 1 N–H and O–H groups in total. The topological polar surface area (TPSA) is 74.5 Å². The molecule has 1 atom stereocenters. The van der Waals surface area contributed by atoms with Crippen LogP contribution in [0.3, 0.4) is 0 Å². The Balaban J connectivity index is 1.88.